The Morgan fingerprint density at radius 3 is 2.36 bits per heavy atom. The molecule has 1 unspecified atom stereocenters. The average molecular weight is 548 g/mol. The molecule has 4 rings (SSSR count). The highest BCUT2D eigenvalue weighted by atomic mass is 35.5. The number of halogens is 4. The standard InChI is InChI=1S/C24H25ClF3NO6S/c1-14(24(26,27)28)34-21-4-3-18(36(2,31)32)11-19(21)23(30)29-12-15-9-20(25)22(10-16(15)13-29)35-17-5-7-33-8-6-17/h3-4,9-11,14,17H,5-8,12-13H2,1-2H3. The topological polar surface area (TPSA) is 82.1 Å². The summed E-state index contributed by atoms with van der Waals surface area (Å²) in [5.74, 6) is -0.530. The molecule has 1 amide bonds. The van der Waals surface area contributed by atoms with E-state index >= 15 is 0 Å². The second kappa shape index (κ2) is 10.1. The maximum absolute atomic E-state index is 13.4. The molecule has 0 bridgehead atoms. The van der Waals surface area contributed by atoms with E-state index in [0.717, 1.165) is 55.3 Å². The van der Waals surface area contributed by atoms with Crippen LogP contribution in [0, 0.1) is 0 Å². The molecular weight excluding hydrogens is 523 g/mol. The zero-order valence-electron chi connectivity index (χ0n) is 19.6. The Hall–Kier alpha value is -2.50. The molecule has 1 saturated heterocycles. The molecule has 2 aromatic rings. The molecule has 2 heterocycles. The Balaban J connectivity index is 1.60. The van der Waals surface area contributed by atoms with Gasteiger partial charge >= 0.3 is 6.18 Å². The first-order valence-corrected chi connectivity index (χ1v) is 13.5. The molecule has 1 fully saturated rings. The highest BCUT2D eigenvalue weighted by molar-refractivity contribution is 7.90. The van der Waals surface area contributed by atoms with Crippen LogP contribution in [0.2, 0.25) is 5.02 Å². The van der Waals surface area contributed by atoms with Gasteiger partial charge in [-0.05, 0) is 48.4 Å². The summed E-state index contributed by atoms with van der Waals surface area (Å²) >= 11 is 6.41. The van der Waals surface area contributed by atoms with Crippen molar-refractivity contribution >= 4 is 27.3 Å². The van der Waals surface area contributed by atoms with E-state index in [1.807, 2.05) is 0 Å². The molecular formula is C24H25ClF3NO6S. The van der Waals surface area contributed by atoms with E-state index in [0.29, 0.717) is 24.0 Å². The number of hydrogen-bond acceptors (Lipinski definition) is 6. The van der Waals surface area contributed by atoms with Gasteiger partial charge in [-0.2, -0.15) is 13.2 Å². The Morgan fingerprint density at radius 2 is 1.75 bits per heavy atom. The van der Waals surface area contributed by atoms with Crippen molar-refractivity contribution in [3.8, 4) is 11.5 Å². The van der Waals surface area contributed by atoms with Crippen LogP contribution in [0.25, 0.3) is 0 Å². The molecule has 2 aliphatic heterocycles. The molecule has 0 radical (unpaired) electrons. The van der Waals surface area contributed by atoms with Crippen molar-refractivity contribution in [1.29, 1.82) is 0 Å². The number of hydrogen-bond donors (Lipinski definition) is 0. The first-order chi connectivity index (χ1) is 16.8. The quantitative estimate of drug-likeness (QED) is 0.517. The summed E-state index contributed by atoms with van der Waals surface area (Å²) < 4.78 is 79.9. The Morgan fingerprint density at radius 1 is 1.11 bits per heavy atom. The minimum absolute atomic E-state index is 0.0394. The molecule has 0 aromatic heterocycles. The molecule has 36 heavy (non-hydrogen) atoms. The van der Waals surface area contributed by atoms with Gasteiger partial charge in [-0.25, -0.2) is 8.42 Å². The summed E-state index contributed by atoms with van der Waals surface area (Å²) in [6.07, 6.45) is -4.50. The minimum atomic E-state index is -4.67. The lowest BCUT2D eigenvalue weighted by Gasteiger charge is -2.24. The first-order valence-electron chi connectivity index (χ1n) is 11.3. The summed E-state index contributed by atoms with van der Waals surface area (Å²) in [5.41, 5.74) is 1.27. The lowest BCUT2D eigenvalue weighted by molar-refractivity contribution is -0.189. The molecule has 2 aromatic carbocycles. The van der Waals surface area contributed by atoms with Crippen LogP contribution in [0.1, 0.15) is 41.3 Å². The van der Waals surface area contributed by atoms with Crippen molar-refractivity contribution in [1.82, 2.24) is 4.90 Å². The Labute approximate surface area is 212 Å². The summed E-state index contributed by atoms with van der Waals surface area (Å²) in [6, 6.07) is 6.70. The van der Waals surface area contributed by atoms with E-state index < -0.39 is 28.0 Å². The van der Waals surface area contributed by atoms with Crippen molar-refractivity contribution in [2.45, 2.75) is 56.1 Å². The summed E-state index contributed by atoms with van der Waals surface area (Å²) in [5, 5.41) is 0.386. The van der Waals surface area contributed by atoms with Crippen LogP contribution in [-0.2, 0) is 27.7 Å². The fraction of sp³-hybridized carbons (Fsp3) is 0.458. The van der Waals surface area contributed by atoms with Gasteiger partial charge in [-0.3, -0.25) is 4.79 Å². The molecule has 7 nitrogen and oxygen atoms in total. The highest BCUT2D eigenvalue weighted by Gasteiger charge is 2.39. The van der Waals surface area contributed by atoms with Crippen molar-refractivity contribution in [2.75, 3.05) is 19.5 Å². The Kier molecular flexibility index (Phi) is 7.45. The van der Waals surface area contributed by atoms with Crippen LogP contribution in [-0.4, -0.2) is 57.1 Å². The van der Waals surface area contributed by atoms with Gasteiger partial charge in [0, 0.05) is 32.2 Å². The Bertz CT molecular complexity index is 1260. The van der Waals surface area contributed by atoms with E-state index in [9.17, 15) is 26.4 Å². The zero-order valence-corrected chi connectivity index (χ0v) is 21.2. The fourth-order valence-electron chi connectivity index (χ4n) is 4.04. The summed E-state index contributed by atoms with van der Waals surface area (Å²) in [7, 11) is -3.73. The largest absolute Gasteiger partial charge is 0.489 e. The summed E-state index contributed by atoms with van der Waals surface area (Å²) in [6.45, 7) is 2.29. The van der Waals surface area contributed by atoms with Crippen LogP contribution >= 0.6 is 11.6 Å². The van der Waals surface area contributed by atoms with Crippen molar-refractivity contribution < 1.29 is 40.6 Å². The van der Waals surface area contributed by atoms with Gasteiger partial charge < -0.3 is 19.1 Å². The molecule has 196 valence electrons. The van der Waals surface area contributed by atoms with E-state index in [4.69, 9.17) is 25.8 Å². The van der Waals surface area contributed by atoms with Gasteiger partial charge in [-0.1, -0.05) is 11.6 Å². The third-order valence-electron chi connectivity index (χ3n) is 6.10. The molecule has 0 saturated carbocycles. The second-order valence-corrected chi connectivity index (χ2v) is 11.3. The molecule has 1 atom stereocenters. The monoisotopic (exact) mass is 547 g/mol. The van der Waals surface area contributed by atoms with Crippen LogP contribution < -0.4 is 9.47 Å². The van der Waals surface area contributed by atoms with Gasteiger partial charge in [0.2, 0.25) is 0 Å². The number of fused-ring (bicyclic) bond motifs is 1. The zero-order chi connectivity index (χ0) is 26.3. The third-order valence-corrected chi connectivity index (χ3v) is 7.51. The van der Waals surface area contributed by atoms with Crippen LogP contribution in [0.5, 0.6) is 11.5 Å². The summed E-state index contributed by atoms with van der Waals surface area (Å²) in [4.78, 5) is 14.6. The maximum Gasteiger partial charge on any atom is 0.425 e. The van der Waals surface area contributed by atoms with Crippen LogP contribution in [0.15, 0.2) is 35.2 Å². The number of nitrogens with zero attached hydrogens (tertiary/aromatic N) is 1. The van der Waals surface area contributed by atoms with Crippen molar-refractivity contribution in [3.63, 3.8) is 0 Å². The molecule has 2 aliphatic rings. The van der Waals surface area contributed by atoms with Gasteiger partial charge in [0.15, 0.2) is 15.9 Å². The fourth-order valence-corrected chi connectivity index (χ4v) is 4.92. The maximum atomic E-state index is 13.4. The predicted octanol–water partition coefficient (Wildman–Crippen LogP) is 4.79. The SMILES string of the molecule is CC(Oc1ccc(S(C)(=O)=O)cc1C(=O)N1Cc2cc(Cl)c(OC3CCOCC3)cc2C1)C(F)(F)F. The number of amides is 1. The molecule has 0 aliphatic carbocycles. The number of rotatable bonds is 6. The molecule has 0 spiro atoms. The minimum Gasteiger partial charge on any atom is -0.489 e. The van der Waals surface area contributed by atoms with Crippen molar-refractivity contribution in [2.24, 2.45) is 0 Å². The van der Waals surface area contributed by atoms with Crippen molar-refractivity contribution in [3.05, 3.63) is 52.0 Å². The molecule has 12 heteroatoms. The first kappa shape index (κ1) is 26.6. The number of carbonyl (C=O) groups excluding carboxylic acids is 1. The smallest absolute Gasteiger partial charge is 0.425 e. The third kappa shape index (κ3) is 5.90. The highest BCUT2D eigenvalue weighted by Crippen LogP contribution is 2.36. The van der Waals surface area contributed by atoms with E-state index in [2.05, 4.69) is 0 Å². The van der Waals surface area contributed by atoms with Gasteiger partial charge in [-0.15, -0.1) is 0 Å². The van der Waals surface area contributed by atoms with E-state index in [1.54, 1.807) is 12.1 Å². The molecule has 0 N–H and O–H groups in total. The number of alkyl halides is 3. The van der Waals surface area contributed by atoms with E-state index in [-0.39, 0.29) is 35.4 Å². The van der Waals surface area contributed by atoms with Gasteiger partial charge in [0.1, 0.15) is 17.6 Å². The van der Waals surface area contributed by atoms with Gasteiger partial charge in [0.25, 0.3) is 5.91 Å². The average Bonchev–Trinajstić information content (AvgIpc) is 3.21. The van der Waals surface area contributed by atoms with Crippen LogP contribution in [0.4, 0.5) is 13.2 Å². The van der Waals surface area contributed by atoms with Gasteiger partial charge in [0.05, 0.1) is 28.7 Å². The van der Waals surface area contributed by atoms with Crippen LogP contribution in [0.3, 0.4) is 0 Å². The number of benzene rings is 2. The lowest BCUT2D eigenvalue weighted by atomic mass is 10.1. The number of carbonyl (C=O) groups is 1. The van der Waals surface area contributed by atoms with E-state index in [1.165, 1.54) is 4.90 Å². The predicted molar refractivity (Wildman–Crippen MR) is 125 cm³/mol. The second-order valence-electron chi connectivity index (χ2n) is 8.87. The number of ether oxygens (including phenoxy) is 3. The normalized spacial score (nSPS) is 17.6. The number of sulfone groups is 1. The lowest BCUT2D eigenvalue weighted by Crippen LogP contribution is -2.32.